The van der Waals surface area contributed by atoms with Gasteiger partial charge >= 0.3 is 0 Å². The molecular formula is C18H12Cl2N4OS. The number of aromatic nitrogens is 3. The van der Waals surface area contributed by atoms with E-state index < -0.39 is 0 Å². The zero-order chi connectivity index (χ0) is 18.1. The summed E-state index contributed by atoms with van der Waals surface area (Å²) in [5.74, 6) is 0.481. The van der Waals surface area contributed by atoms with Crippen LogP contribution in [0.25, 0.3) is 21.9 Å². The number of hydrogen-bond acceptors (Lipinski definition) is 4. The van der Waals surface area contributed by atoms with Gasteiger partial charge in [0.15, 0.2) is 10.8 Å². The molecule has 0 bridgehead atoms. The molecule has 0 fully saturated rings. The fourth-order valence-electron chi connectivity index (χ4n) is 2.65. The lowest BCUT2D eigenvalue weighted by Crippen LogP contribution is -2.19. The van der Waals surface area contributed by atoms with Crippen molar-refractivity contribution in [2.45, 2.75) is 6.54 Å². The van der Waals surface area contributed by atoms with Crippen LogP contribution in [0.4, 0.5) is 5.69 Å². The minimum absolute atomic E-state index is 0.107. The van der Waals surface area contributed by atoms with Crippen molar-refractivity contribution in [3.8, 4) is 10.8 Å². The maximum Gasteiger partial charge on any atom is 0.244 e. The van der Waals surface area contributed by atoms with E-state index in [0.29, 0.717) is 21.6 Å². The largest absolute Gasteiger partial charge is 0.324 e. The standard InChI is InChI=1S/C18H12Cl2N4OS/c19-12-6-5-11(9-13(12)20)22-16(25)10-24-15-4-2-1-3-14(15)23-17(24)18-21-7-8-26-18/h1-9H,10H2,(H,22,25). The van der Waals surface area contributed by atoms with E-state index in [0.717, 1.165) is 16.0 Å². The lowest BCUT2D eigenvalue weighted by atomic mass is 10.3. The highest BCUT2D eigenvalue weighted by Crippen LogP contribution is 2.27. The van der Waals surface area contributed by atoms with Crippen LogP contribution >= 0.6 is 34.5 Å². The zero-order valence-corrected chi connectivity index (χ0v) is 15.6. The number of carbonyl (C=O) groups excluding carboxylic acids is 1. The molecule has 130 valence electrons. The van der Waals surface area contributed by atoms with Gasteiger partial charge in [0.2, 0.25) is 5.91 Å². The lowest BCUT2D eigenvalue weighted by molar-refractivity contribution is -0.116. The van der Waals surface area contributed by atoms with Gasteiger partial charge in [-0.25, -0.2) is 9.97 Å². The fraction of sp³-hybridized carbons (Fsp3) is 0.0556. The van der Waals surface area contributed by atoms with Gasteiger partial charge in [0, 0.05) is 17.3 Å². The van der Waals surface area contributed by atoms with Gasteiger partial charge in [-0.15, -0.1) is 11.3 Å². The molecule has 5 nitrogen and oxygen atoms in total. The summed E-state index contributed by atoms with van der Waals surface area (Å²) in [7, 11) is 0. The first kappa shape index (κ1) is 17.0. The number of halogens is 2. The van der Waals surface area contributed by atoms with E-state index in [1.165, 1.54) is 11.3 Å². The molecule has 0 saturated heterocycles. The molecule has 26 heavy (non-hydrogen) atoms. The second-order valence-corrected chi connectivity index (χ2v) is 7.23. The molecular weight excluding hydrogens is 391 g/mol. The molecule has 0 spiro atoms. The predicted molar refractivity (Wildman–Crippen MR) is 106 cm³/mol. The molecule has 8 heteroatoms. The Hall–Kier alpha value is -2.41. The van der Waals surface area contributed by atoms with Crippen LogP contribution in [0.2, 0.25) is 10.0 Å². The van der Waals surface area contributed by atoms with E-state index in [1.807, 2.05) is 34.2 Å². The van der Waals surface area contributed by atoms with Crippen LogP contribution < -0.4 is 5.32 Å². The first-order valence-electron chi connectivity index (χ1n) is 7.72. The third-order valence-corrected chi connectivity index (χ3v) is 5.29. The van der Waals surface area contributed by atoms with Crippen LogP contribution in [0, 0.1) is 0 Å². The van der Waals surface area contributed by atoms with Crippen LogP contribution in [-0.2, 0) is 11.3 Å². The molecule has 2 aromatic heterocycles. The Balaban J connectivity index is 1.66. The molecule has 0 aliphatic carbocycles. The number of rotatable bonds is 4. The highest BCUT2D eigenvalue weighted by molar-refractivity contribution is 7.13. The van der Waals surface area contributed by atoms with E-state index in [9.17, 15) is 4.79 Å². The number of benzene rings is 2. The molecule has 0 aliphatic heterocycles. The number of hydrogen-bond donors (Lipinski definition) is 1. The summed E-state index contributed by atoms with van der Waals surface area (Å²) in [6.07, 6.45) is 1.72. The molecule has 0 saturated carbocycles. The molecule has 0 atom stereocenters. The van der Waals surface area contributed by atoms with Crippen LogP contribution in [0.1, 0.15) is 0 Å². The van der Waals surface area contributed by atoms with Gasteiger partial charge in [0.1, 0.15) is 6.54 Å². The van der Waals surface area contributed by atoms with E-state index in [1.54, 1.807) is 24.4 Å². The Morgan fingerprint density at radius 2 is 2.00 bits per heavy atom. The van der Waals surface area contributed by atoms with Crippen LogP contribution in [0.5, 0.6) is 0 Å². The van der Waals surface area contributed by atoms with Gasteiger partial charge in [-0.05, 0) is 30.3 Å². The second-order valence-electron chi connectivity index (χ2n) is 5.52. The highest BCUT2D eigenvalue weighted by atomic mass is 35.5. The Kier molecular flexibility index (Phi) is 4.63. The Bertz CT molecular complexity index is 1090. The van der Waals surface area contributed by atoms with E-state index in [2.05, 4.69) is 15.3 Å². The van der Waals surface area contributed by atoms with Gasteiger partial charge in [-0.1, -0.05) is 35.3 Å². The fourth-order valence-corrected chi connectivity index (χ4v) is 3.58. The molecule has 1 N–H and O–H groups in total. The SMILES string of the molecule is O=C(Cn1c(-c2nccs2)nc2ccccc21)Nc1ccc(Cl)c(Cl)c1. The summed E-state index contributed by atoms with van der Waals surface area (Å²) in [4.78, 5) is 21.5. The Morgan fingerprint density at radius 3 is 2.77 bits per heavy atom. The molecule has 4 aromatic rings. The normalized spacial score (nSPS) is 11.0. The third-order valence-electron chi connectivity index (χ3n) is 3.78. The number of thiazole rings is 1. The van der Waals surface area contributed by atoms with Crippen molar-refractivity contribution in [3.63, 3.8) is 0 Å². The van der Waals surface area contributed by atoms with Crippen molar-refractivity contribution in [3.05, 3.63) is 64.1 Å². The number of anilines is 1. The van der Waals surface area contributed by atoms with E-state index >= 15 is 0 Å². The van der Waals surface area contributed by atoms with Gasteiger partial charge in [0.25, 0.3) is 0 Å². The monoisotopic (exact) mass is 402 g/mol. The van der Waals surface area contributed by atoms with Crippen LogP contribution in [0.15, 0.2) is 54.0 Å². The summed E-state index contributed by atoms with van der Waals surface area (Å²) in [5.41, 5.74) is 2.28. The Labute approximate surface area is 163 Å². The average molecular weight is 403 g/mol. The van der Waals surface area contributed by atoms with Gasteiger partial charge in [-0.3, -0.25) is 4.79 Å². The molecule has 0 radical (unpaired) electrons. The third kappa shape index (κ3) is 3.31. The quantitative estimate of drug-likeness (QED) is 0.516. The van der Waals surface area contributed by atoms with Crippen molar-refractivity contribution in [2.75, 3.05) is 5.32 Å². The predicted octanol–water partition coefficient (Wildman–Crippen LogP) is 5.11. The first-order valence-corrected chi connectivity index (χ1v) is 9.35. The molecule has 1 amide bonds. The van der Waals surface area contributed by atoms with Crippen LogP contribution in [-0.4, -0.2) is 20.4 Å². The Morgan fingerprint density at radius 1 is 1.15 bits per heavy atom. The van der Waals surface area contributed by atoms with Crippen molar-refractivity contribution in [1.82, 2.24) is 14.5 Å². The summed E-state index contributed by atoms with van der Waals surface area (Å²) in [5, 5.41) is 6.32. The van der Waals surface area contributed by atoms with Crippen molar-refractivity contribution in [2.24, 2.45) is 0 Å². The molecule has 0 aliphatic rings. The number of carbonyl (C=O) groups is 1. The second kappa shape index (κ2) is 7.07. The maximum absolute atomic E-state index is 12.6. The van der Waals surface area contributed by atoms with E-state index in [4.69, 9.17) is 23.2 Å². The number of amides is 1. The number of fused-ring (bicyclic) bond motifs is 1. The number of nitrogens with one attached hydrogen (secondary N) is 1. The molecule has 2 aromatic carbocycles. The number of para-hydroxylation sites is 2. The number of nitrogens with zero attached hydrogens (tertiary/aromatic N) is 3. The summed E-state index contributed by atoms with van der Waals surface area (Å²) in [6, 6.07) is 12.7. The molecule has 4 rings (SSSR count). The smallest absolute Gasteiger partial charge is 0.244 e. The lowest BCUT2D eigenvalue weighted by Gasteiger charge is -2.09. The van der Waals surface area contributed by atoms with Gasteiger partial charge in [-0.2, -0.15) is 0 Å². The maximum atomic E-state index is 12.6. The summed E-state index contributed by atoms with van der Waals surface area (Å²) < 4.78 is 1.86. The topological polar surface area (TPSA) is 59.8 Å². The molecule has 2 heterocycles. The first-order chi connectivity index (χ1) is 12.6. The number of imidazole rings is 1. The summed E-state index contributed by atoms with van der Waals surface area (Å²) >= 11 is 13.4. The van der Waals surface area contributed by atoms with Crippen molar-refractivity contribution < 1.29 is 4.79 Å². The molecule has 0 unspecified atom stereocenters. The van der Waals surface area contributed by atoms with Crippen molar-refractivity contribution >= 4 is 57.2 Å². The summed E-state index contributed by atoms with van der Waals surface area (Å²) in [6.45, 7) is 0.107. The zero-order valence-electron chi connectivity index (χ0n) is 13.3. The minimum Gasteiger partial charge on any atom is -0.324 e. The minimum atomic E-state index is -0.190. The van der Waals surface area contributed by atoms with Crippen molar-refractivity contribution in [1.29, 1.82) is 0 Å². The van der Waals surface area contributed by atoms with Gasteiger partial charge in [0.05, 0.1) is 21.1 Å². The van der Waals surface area contributed by atoms with Gasteiger partial charge < -0.3 is 9.88 Å². The van der Waals surface area contributed by atoms with E-state index in [-0.39, 0.29) is 12.5 Å². The average Bonchev–Trinajstić information content (AvgIpc) is 3.26. The van der Waals surface area contributed by atoms with Crippen LogP contribution in [0.3, 0.4) is 0 Å². The highest BCUT2D eigenvalue weighted by Gasteiger charge is 2.17.